The van der Waals surface area contributed by atoms with Crippen LogP contribution in [0.15, 0.2) is 18.3 Å². The minimum Gasteiger partial charge on any atom is -0.347 e. The lowest BCUT2D eigenvalue weighted by Gasteiger charge is -2.27. The van der Waals surface area contributed by atoms with Crippen LogP contribution in [0.1, 0.15) is 36.2 Å². The molecule has 5 nitrogen and oxygen atoms in total. The van der Waals surface area contributed by atoms with Gasteiger partial charge in [0.05, 0.1) is 0 Å². The molecule has 0 aromatic carbocycles. The standard InChI is InChI=1S/C15H21N3O2/c1-16-8-4-6-12(16)15(20)18-11-5-7-13(18)14(19)17-9-2-3-10-17/h4,6,8,13H,2-3,5,7,9-11H2,1H3. The molecule has 0 aliphatic carbocycles. The number of rotatable bonds is 2. The van der Waals surface area contributed by atoms with Gasteiger partial charge in [-0.3, -0.25) is 9.59 Å². The molecule has 1 unspecified atom stereocenters. The lowest BCUT2D eigenvalue weighted by molar-refractivity contribution is -0.134. The zero-order valence-electron chi connectivity index (χ0n) is 11.9. The highest BCUT2D eigenvalue weighted by Gasteiger charge is 2.37. The molecule has 108 valence electrons. The van der Waals surface area contributed by atoms with Crippen LogP contribution < -0.4 is 0 Å². The van der Waals surface area contributed by atoms with E-state index in [0.29, 0.717) is 12.2 Å². The molecule has 0 radical (unpaired) electrons. The van der Waals surface area contributed by atoms with E-state index in [1.165, 1.54) is 0 Å². The molecule has 2 aliphatic heterocycles. The molecular formula is C15H21N3O2. The zero-order chi connectivity index (χ0) is 14.1. The van der Waals surface area contributed by atoms with Crippen molar-refractivity contribution < 1.29 is 9.59 Å². The molecule has 0 spiro atoms. The summed E-state index contributed by atoms with van der Waals surface area (Å²) in [5.74, 6) is 0.120. The van der Waals surface area contributed by atoms with Crippen LogP contribution in [0, 0.1) is 0 Å². The summed E-state index contributed by atoms with van der Waals surface area (Å²) in [6, 6.07) is 3.43. The minimum absolute atomic E-state index is 0.0208. The smallest absolute Gasteiger partial charge is 0.271 e. The Labute approximate surface area is 119 Å². The normalized spacial score (nSPS) is 22.6. The van der Waals surface area contributed by atoms with Crippen molar-refractivity contribution in [3.05, 3.63) is 24.0 Å². The maximum atomic E-state index is 12.6. The third-order valence-corrected chi connectivity index (χ3v) is 4.38. The third-order valence-electron chi connectivity index (χ3n) is 4.38. The summed E-state index contributed by atoms with van der Waals surface area (Å²) in [5.41, 5.74) is 0.658. The van der Waals surface area contributed by atoms with Gasteiger partial charge in [0.15, 0.2) is 0 Å². The number of likely N-dealkylation sites (tertiary alicyclic amines) is 2. The fourth-order valence-corrected chi connectivity index (χ4v) is 3.25. The van der Waals surface area contributed by atoms with Crippen LogP contribution in [0.2, 0.25) is 0 Å². The SMILES string of the molecule is Cn1cccc1C(=O)N1CCCC1C(=O)N1CCCC1. The Bertz CT molecular complexity index is 517. The number of carbonyl (C=O) groups is 2. The number of hydrogen-bond acceptors (Lipinski definition) is 2. The average molecular weight is 275 g/mol. The van der Waals surface area contributed by atoms with Gasteiger partial charge < -0.3 is 14.4 Å². The molecule has 20 heavy (non-hydrogen) atoms. The second-order valence-electron chi connectivity index (χ2n) is 5.69. The van der Waals surface area contributed by atoms with E-state index in [0.717, 1.165) is 38.8 Å². The fraction of sp³-hybridized carbons (Fsp3) is 0.600. The molecule has 0 N–H and O–H groups in total. The highest BCUT2D eigenvalue weighted by Crippen LogP contribution is 2.23. The molecule has 2 fully saturated rings. The lowest BCUT2D eigenvalue weighted by Crippen LogP contribution is -2.47. The number of hydrogen-bond donors (Lipinski definition) is 0. The molecule has 1 aromatic rings. The summed E-state index contributed by atoms with van der Waals surface area (Å²) in [6.45, 7) is 2.39. The number of aromatic nitrogens is 1. The molecular weight excluding hydrogens is 254 g/mol. The van der Waals surface area contributed by atoms with Crippen LogP contribution in [-0.4, -0.2) is 51.9 Å². The first-order valence-electron chi connectivity index (χ1n) is 7.39. The Morgan fingerprint density at radius 3 is 2.55 bits per heavy atom. The van der Waals surface area contributed by atoms with Crippen molar-refractivity contribution in [1.29, 1.82) is 0 Å². The van der Waals surface area contributed by atoms with Crippen LogP contribution in [0.5, 0.6) is 0 Å². The first-order chi connectivity index (χ1) is 9.68. The van der Waals surface area contributed by atoms with Crippen LogP contribution in [0.3, 0.4) is 0 Å². The maximum Gasteiger partial charge on any atom is 0.271 e. The molecule has 0 bridgehead atoms. The van der Waals surface area contributed by atoms with Gasteiger partial charge in [0, 0.05) is 32.9 Å². The van der Waals surface area contributed by atoms with E-state index in [1.54, 1.807) is 4.90 Å². The second kappa shape index (κ2) is 5.31. The topological polar surface area (TPSA) is 45.6 Å². The van der Waals surface area contributed by atoms with Crippen molar-refractivity contribution in [2.75, 3.05) is 19.6 Å². The van der Waals surface area contributed by atoms with Gasteiger partial charge in [0.2, 0.25) is 5.91 Å². The Kier molecular flexibility index (Phi) is 3.51. The van der Waals surface area contributed by atoms with Crippen molar-refractivity contribution >= 4 is 11.8 Å². The van der Waals surface area contributed by atoms with E-state index in [-0.39, 0.29) is 17.9 Å². The molecule has 1 atom stereocenters. The summed E-state index contributed by atoms with van der Waals surface area (Å²) < 4.78 is 1.82. The van der Waals surface area contributed by atoms with Crippen molar-refractivity contribution in [3.63, 3.8) is 0 Å². The molecule has 2 saturated heterocycles. The van der Waals surface area contributed by atoms with Crippen LogP contribution in [0.25, 0.3) is 0 Å². The van der Waals surface area contributed by atoms with Crippen LogP contribution in [0.4, 0.5) is 0 Å². The van der Waals surface area contributed by atoms with Crippen molar-refractivity contribution in [1.82, 2.24) is 14.4 Å². The Hall–Kier alpha value is -1.78. The first kappa shape index (κ1) is 13.2. The summed E-state index contributed by atoms with van der Waals surface area (Å²) in [5, 5.41) is 0. The Balaban J connectivity index is 1.77. The van der Waals surface area contributed by atoms with E-state index in [9.17, 15) is 9.59 Å². The number of carbonyl (C=O) groups excluding carboxylic acids is 2. The molecule has 1 aromatic heterocycles. The van der Waals surface area contributed by atoms with Gasteiger partial charge in [-0.05, 0) is 37.8 Å². The maximum absolute atomic E-state index is 12.6. The first-order valence-corrected chi connectivity index (χ1v) is 7.39. The van der Waals surface area contributed by atoms with E-state index in [4.69, 9.17) is 0 Å². The lowest BCUT2D eigenvalue weighted by atomic mass is 10.2. The quantitative estimate of drug-likeness (QED) is 0.815. The van der Waals surface area contributed by atoms with Crippen LogP contribution >= 0.6 is 0 Å². The van der Waals surface area contributed by atoms with E-state index in [2.05, 4.69) is 0 Å². The number of amides is 2. The summed E-state index contributed by atoms with van der Waals surface area (Å²) in [7, 11) is 1.86. The zero-order valence-corrected chi connectivity index (χ0v) is 11.9. The number of aryl methyl sites for hydroxylation is 1. The largest absolute Gasteiger partial charge is 0.347 e. The molecule has 2 aliphatic rings. The highest BCUT2D eigenvalue weighted by atomic mass is 16.2. The van der Waals surface area contributed by atoms with Crippen molar-refractivity contribution in [2.24, 2.45) is 7.05 Å². The van der Waals surface area contributed by atoms with Gasteiger partial charge in [-0.15, -0.1) is 0 Å². The molecule has 2 amide bonds. The third kappa shape index (κ3) is 2.21. The Morgan fingerprint density at radius 2 is 1.90 bits per heavy atom. The van der Waals surface area contributed by atoms with Gasteiger partial charge in [0.1, 0.15) is 11.7 Å². The van der Waals surface area contributed by atoms with Gasteiger partial charge >= 0.3 is 0 Å². The summed E-state index contributed by atoms with van der Waals surface area (Å²) in [4.78, 5) is 28.8. The van der Waals surface area contributed by atoms with E-state index < -0.39 is 0 Å². The Morgan fingerprint density at radius 1 is 1.15 bits per heavy atom. The van der Waals surface area contributed by atoms with Gasteiger partial charge in [0.25, 0.3) is 5.91 Å². The predicted molar refractivity (Wildman–Crippen MR) is 75.3 cm³/mol. The van der Waals surface area contributed by atoms with Gasteiger partial charge in [-0.1, -0.05) is 0 Å². The summed E-state index contributed by atoms with van der Waals surface area (Å²) >= 11 is 0. The highest BCUT2D eigenvalue weighted by molar-refractivity contribution is 5.96. The number of nitrogens with zero attached hydrogens (tertiary/aromatic N) is 3. The molecule has 5 heteroatoms. The van der Waals surface area contributed by atoms with Crippen molar-refractivity contribution in [2.45, 2.75) is 31.7 Å². The molecule has 3 heterocycles. The summed E-state index contributed by atoms with van der Waals surface area (Å²) in [6.07, 6.45) is 5.75. The van der Waals surface area contributed by atoms with E-state index in [1.807, 2.05) is 34.8 Å². The second-order valence-corrected chi connectivity index (χ2v) is 5.69. The molecule has 3 rings (SSSR count). The van der Waals surface area contributed by atoms with E-state index >= 15 is 0 Å². The van der Waals surface area contributed by atoms with Crippen LogP contribution in [-0.2, 0) is 11.8 Å². The van der Waals surface area contributed by atoms with Gasteiger partial charge in [-0.25, -0.2) is 0 Å². The monoisotopic (exact) mass is 275 g/mol. The molecule has 0 saturated carbocycles. The minimum atomic E-state index is -0.254. The van der Waals surface area contributed by atoms with Crippen molar-refractivity contribution in [3.8, 4) is 0 Å². The average Bonchev–Trinajstić information content (AvgIpc) is 3.18. The van der Waals surface area contributed by atoms with Gasteiger partial charge in [-0.2, -0.15) is 0 Å². The predicted octanol–water partition coefficient (Wildman–Crippen LogP) is 1.25. The fourth-order valence-electron chi connectivity index (χ4n) is 3.25.